The van der Waals surface area contributed by atoms with Crippen LogP contribution in [0, 0.1) is 5.92 Å². The summed E-state index contributed by atoms with van der Waals surface area (Å²) in [4.78, 5) is 28.9. The molecule has 1 fully saturated rings. The van der Waals surface area contributed by atoms with Gasteiger partial charge in [-0.2, -0.15) is 0 Å². The minimum atomic E-state index is -0.367. The lowest BCUT2D eigenvalue weighted by molar-refractivity contribution is -0.121. The third-order valence-electron chi connectivity index (χ3n) is 4.74. The first-order valence-corrected chi connectivity index (χ1v) is 10.2. The summed E-state index contributed by atoms with van der Waals surface area (Å²) >= 11 is 1.28. The van der Waals surface area contributed by atoms with Gasteiger partial charge < -0.3 is 14.5 Å². The molecule has 4 rings (SSSR count). The first kappa shape index (κ1) is 19.2. The average Bonchev–Trinajstić information content (AvgIpc) is 3.22. The van der Waals surface area contributed by atoms with E-state index >= 15 is 0 Å². The van der Waals surface area contributed by atoms with Crippen LogP contribution >= 0.6 is 11.3 Å². The summed E-state index contributed by atoms with van der Waals surface area (Å²) in [6.45, 7) is 0. The number of methoxy groups -OCH3 is 1. The van der Waals surface area contributed by atoms with Crippen LogP contribution in [-0.4, -0.2) is 23.9 Å². The molecule has 2 heterocycles. The van der Waals surface area contributed by atoms with Crippen LogP contribution < -0.4 is 15.4 Å². The number of furan rings is 1. The van der Waals surface area contributed by atoms with Crippen LogP contribution in [0.15, 0.2) is 52.5 Å². The number of aromatic nitrogens is 1. The number of hydrogen-bond donors (Lipinski definition) is 2. The molecule has 1 saturated carbocycles. The Balaban J connectivity index is 1.36. The van der Waals surface area contributed by atoms with E-state index in [9.17, 15) is 9.59 Å². The van der Waals surface area contributed by atoms with Crippen LogP contribution in [0.3, 0.4) is 0 Å². The van der Waals surface area contributed by atoms with E-state index in [1.165, 1.54) is 17.6 Å². The predicted octanol–water partition coefficient (Wildman–Crippen LogP) is 3.81. The minimum Gasteiger partial charge on any atom is -0.497 e. The first-order valence-electron chi connectivity index (χ1n) is 9.35. The molecule has 1 aliphatic carbocycles. The lowest BCUT2D eigenvalue weighted by Crippen LogP contribution is -2.31. The largest absolute Gasteiger partial charge is 0.497 e. The summed E-state index contributed by atoms with van der Waals surface area (Å²) < 4.78 is 10.3. The van der Waals surface area contributed by atoms with E-state index in [0.717, 1.165) is 24.2 Å². The van der Waals surface area contributed by atoms with E-state index in [4.69, 9.17) is 9.15 Å². The Morgan fingerprint density at radius 2 is 2.07 bits per heavy atom. The van der Waals surface area contributed by atoms with E-state index in [1.54, 1.807) is 24.6 Å². The summed E-state index contributed by atoms with van der Waals surface area (Å²) in [5, 5.41) is 8.02. The van der Waals surface area contributed by atoms with Crippen molar-refractivity contribution < 1.29 is 18.7 Å². The second-order valence-corrected chi connectivity index (χ2v) is 7.77. The molecule has 1 atom stereocenters. The Morgan fingerprint density at radius 3 is 2.72 bits per heavy atom. The second-order valence-electron chi connectivity index (χ2n) is 6.91. The molecule has 0 radical (unpaired) electrons. The summed E-state index contributed by atoms with van der Waals surface area (Å²) in [5.74, 6) is 1.01. The minimum absolute atomic E-state index is 0.00910. The molecule has 2 amide bonds. The second kappa shape index (κ2) is 8.48. The van der Waals surface area contributed by atoms with Gasteiger partial charge in [0.05, 0.1) is 31.5 Å². The zero-order valence-corrected chi connectivity index (χ0v) is 16.7. The van der Waals surface area contributed by atoms with Crippen molar-refractivity contribution in [2.75, 3.05) is 12.4 Å². The molecule has 0 bridgehead atoms. The van der Waals surface area contributed by atoms with Crippen molar-refractivity contribution in [3.05, 3.63) is 65.1 Å². The molecule has 1 aliphatic rings. The zero-order chi connectivity index (χ0) is 20.2. The van der Waals surface area contributed by atoms with Crippen LogP contribution in [-0.2, 0) is 11.2 Å². The lowest BCUT2D eigenvalue weighted by atomic mass is 10.0. The van der Waals surface area contributed by atoms with Crippen molar-refractivity contribution in [3.63, 3.8) is 0 Å². The molecule has 1 aromatic carbocycles. The maximum atomic E-state index is 12.6. The molecule has 8 heteroatoms. The van der Waals surface area contributed by atoms with Crippen LogP contribution in [0.2, 0.25) is 0 Å². The van der Waals surface area contributed by atoms with E-state index in [0.29, 0.717) is 16.7 Å². The molecule has 0 saturated heterocycles. The smallest absolute Gasteiger partial charge is 0.293 e. The fourth-order valence-corrected chi connectivity index (χ4v) is 3.82. The van der Waals surface area contributed by atoms with E-state index < -0.39 is 0 Å². The van der Waals surface area contributed by atoms with Crippen molar-refractivity contribution in [2.24, 2.45) is 5.92 Å². The number of nitrogens with zero attached hydrogens (tertiary/aromatic N) is 1. The highest BCUT2D eigenvalue weighted by atomic mass is 32.1. The molecule has 2 aromatic heterocycles. The fourth-order valence-electron chi connectivity index (χ4n) is 3.12. The van der Waals surface area contributed by atoms with Gasteiger partial charge >= 0.3 is 0 Å². The van der Waals surface area contributed by atoms with Crippen LogP contribution in [0.4, 0.5) is 5.13 Å². The zero-order valence-electron chi connectivity index (χ0n) is 15.9. The highest BCUT2D eigenvalue weighted by Gasteiger charge is 2.33. The SMILES string of the molecule is COc1ccc(C(NC(=O)Cc2csc(NC(=O)c3ccco3)n2)C2CC2)cc1. The number of anilines is 1. The number of ether oxygens (including phenoxy) is 1. The van der Waals surface area contributed by atoms with Gasteiger partial charge in [0.25, 0.3) is 5.91 Å². The molecular weight excluding hydrogens is 390 g/mol. The summed E-state index contributed by atoms with van der Waals surface area (Å²) in [6.07, 6.45) is 3.81. The average molecular weight is 411 g/mol. The number of nitrogens with one attached hydrogen (secondary N) is 2. The Morgan fingerprint density at radius 1 is 1.28 bits per heavy atom. The van der Waals surface area contributed by atoms with Crippen LogP contribution in [0.5, 0.6) is 5.75 Å². The number of hydrogen-bond acceptors (Lipinski definition) is 6. The summed E-state index contributed by atoms with van der Waals surface area (Å²) in [7, 11) is 1.63. The van der Waals surface area contributed by atoms with Crippen LogP contribution in [0.1, 0.15) is 40.7 Å². The van der Waals surface area contributed by atoms with Crippen molar-refractivity contribution in [3.8, 4) is 5.75 Å². The van der Waals surface area contributed by atoms with Crippen LogP contribution in [0.25, 0.3) is 0 Å². The molecule has 2 N–H and O–H groups in total. The quantitative estimate of drug-likeness (QED) is 0.588. The third-order valence-corrected chi connectivity index (χ3v) is 5.55. The monoisotopic (exact) mass is 411 g/mol. The molecule has 0 aliphatic heterocycles. The third kappa shape index (κ3) is 4.83. The number of carbonyl (C=O) groups is 2. The Kier molecular flexibility index (Phi) is 5.62. The molecule has 150 valence electrons. The number of carbonyl (C=O) groups excluding carboxylic acids is 2. The van der Waals surface area contributed by atoms with Gasteiger partial charge in [0.2, 0.25) is 5.91 Å². The maximum absolute atomic E-state index is 12.6. The topological polar surface area (TPSA) is 93.5 Å². The Bertz CT molecular complexity index is 978. The number of benzene rings is 1. The Hall–Kier alpha value is -3.13. The summed E-state index contributed by atoms with van der Waals surface area (Å²) in [6, 6.07) is 11.0. The van der Waals surface area contributed by atoms with Gasteiger partial charge in [0.15, 0.2) is 10.9 Å². The number of thiazole rings is 1. The van der Waals surface area contributed by atoms with Gasteiger partial charge in [-0.1, -0.05) is 12.1 Å². The van der Waals surface area contributed by atoms with Gasteiger partial charge in [0, 0.05) is 5.38 Å². The molecular formula is C21H21N3O4S. The van der Waals surface area contributed by atoms with Gasteiger partial charge in [-0.3, -0.25) is 14.9 Å². The van der Waals surface area contributed by atoms with Crippen molar-refractivity contribution in [2.45, 2.75) is 25.3 Å². The van der Waals surface area contributed by atoms with E-state index in [2.05, 4.69) is 15.6 Å². The predicted molar refractivity (Wildman–Crippen MR) is 109 cm³/mol. The first-order chi connectivity index (χ1) is 14.1. The van der Waals surface area contributed by atoms with Crippen molar-refractivity contribution in [1.29, 1.82) is 0 Å². The van der Waals surface area contributed by atoms with Crippen molar-refractivity contribution >= 4 is 28.3 Å². The highest BCUT2D eigenvalue weighted by molar-refractivity contribution is 7.14. The van der Waals surface area contributed by atoms with Gasteiger partial charge in [-0.05, 0) is 48.6 Å². The fraction of sp³-hybridized carbons (Fsp3) is 0.286. The molecule has 0 spiro atoms. The highest BCUT2D eigenvalue weighted by Crippen LogP contribution is 2.41. The number of rotatable bonds is 8. The maximum Gasteiger partial charge on any atom is 0.293 e. The van der Waals surface area contributed by atoms with Gasteiger partial charge in [-0.15, -0.1) is 11.3 Å². The van der Waals surface area contributed by atoms with E-state index in [-0.39, 0.29) is 30.0 Å². The lowest BCUT2D eigenvalue weighted by Gasteiger charge is -2.19. The van der Waals surface area contributed by atoms with Crippen molar-refractivity contribution in [1.82, 2.24) is 10.3 Å². The normalized spacial score (nSPS) is 14.2. The Labute approximate surface area is 172 Å². The molecule has 3 aromatic rings. The molecule has 7 nitrogen and oxygen atoms in total. The molecule has 29 heavy (non-hydrogen) atoms. The standard InChI is InChI=1S/C21H21N3O4S/c1-27-16-8-6-14(7-9-16)19(13-4-5-13)23-18(25)11-15-12-29-21(22-15)24-20(26)17-3-2-10-28-17/h2-3,6-10,12-13,19H,4-5,11H2,1H3,(H,23,25)(H,22,24,26). The number of amides is 2. The van der Waals surface area contributed by atoms with Gasteiger partial charge in [0.1, 0.15) is 5.75 Å². The van der Waals surface area contributed by atoms with E-state index in [1.807, 2.05) is 24.3 Å². The van der Waals surface area contributed by atoms with Gasteiger partial charge in [-0.25, -0.2) is 4.98 Å². The summed E-state index contributed by atoms with van der Waals surface area (Å²) in [5.41, 5.74) is 1.69. The molecule has 1 unspecified atom stereocenters.